The van der Waals surface area contributed by atoms with Crippen molar-refractivity contribution in [1.82, 2.24) is 9.13 Å². The van der Waals surface area contributed by atoms with Crippen LogP contribution < -0.4 is 4.90 Å². The Hall–Kier alpha value is -7.30. The van der Waals surface area contributed by atoms with Gasteiger partial charge >= 0.3 is 0 Å². The topological polar surface area (TPSA) is 26.2 Å². The Morgan fingerprint density at radius 3 is 1.96 bits per heavy atom. The highest BCUT2D eigenvalue weighted by atomic mass is 16.3. The second-order valence-electron chi connectivity index (χ2n) is 13.8. The van der Waals surface area contributed by atoms with Crippen molar-refractivity contribution in [3.8, 4) is 22.5 Å². The zero-order valence-electron chi connectivity index (χ0n) is 29.3. The first-order chi connectivity index (χ1) is 26.8. The molecule has 8 aromatic carbocycles. The van der Waals surface area contributed by atoms with Crippen LogP contribution in [-0.2, 0) is 0 Å². The lowest BCUT2D eigenvalue weighted by Gasteiger charge is -2.26. The molecule has 54 heavy (non-hydrogen) atoms. The zero-order valence-corrected chi connectivity index (χ0v) is 29.3. The normalized spacial score (nSPS) is 11.7. The van der Waals surface area contributed by atoms with Gasteiger partial charge in [-0.25, -0.2) is 0 Å². The Balaban J connectivity index is 1.01. The Kier molecular flexibility index (Phi) is 6.82. The number of furan rings is 1. The lowest BCUT2D eigenvalue weighted by atomic mass is 10.0. The zero-order chi connectivity index (χ0) is 35.6. The summed E-state index contributed by atoms with van der Waals surface area (Å²) in [6.07, 6.45) is 2.20. The van der Waals surface area contributed by atoms with E-state index in [0.29, 0.717) is 0 Å². The molecule has 0 saturated carbocycles. The minimum Gasteiger partial charge on any atom is -0.456 e. The quantitative estimate of drug-likeness (QED) is 0.173. The monoisotopic (exact) mass is 691 g/mol. The van der Waals surface area contributed by atoms with Crippen LogP contribution in [-0.4, -0.2) is 9.13 Å². The van der Waals surface area contributed by atoms with Crippen LogP contribution in [0.4, 0.5) is 17.1 Å². The van der Waals surface area contributed by atoms with E-state index in [1.54, 1.807) is 0 Å². The van der Waals surface area contributed by atoms with Gasteiger partial charge in [-0.2, -0.15) is 0 Å². The molecule has 11 rings (SSSR count). The van der Waals surface area contributed by atoms with Crippen molar-refractivity contribution < 1.29 is 4.42 Å². The summed E-state index contributed by atoms with van der Waals surface area (Å²) >= 11 is 0. The molecule has 0 unspecified atom stereocenters. The van der Waals surface area contributed by atoms with Gasteiger partial charge in [0.15, 0.2) is 0 Å². The van der Waals surface area contributed by atoms with E-state index in [2.05, 4.69) is 202 Å². The first-order valence-electron chi connectivity index (χ1n) is 18.3. The second kappa shape index (κ2) is 12.1. The molecule has 3 aromatic heterocycles. The van der Waals surface area contributed by atoms with E-state index >= 15 is 0 Å². The van der Waals surface area contributed by atoms with Gasteiger partial charge in [-0.1, -0.05) is 103 Å². The number of rotatable bonds is 6. The van der Waals surface area contributed by atoms with E-state index in [-0.39, 0.29) is 0 Å². The molecule has 0 aliphatic rings. The molecule has 3 heterocycles. The summed E-state index contributed by atoms with van der Waals surface area (Å²) in [5.41, 5.74) is 13.3. The lowest BCUT2D eigenvalue weighted by molar-refractivity contribution is 0.669. The van der Waals surface area contributed by atoms with Gasteiger partial charge in [0.2, 0.25) is 0 Å². The number of fused-ring (bicyclic) bond motifs is 8. The van der Waals surface area contributed by atoms with Gasteiger partial charge in [-0.3, -0.25) is 0 Å². The summed E-state index contributed by atoms with van der Waals surface area (Å²) < 4.78 is 10.9. The summed E-state index contributed by atoms with van der Waals surface area (Å²) in [5, 5.41) is 5.96. The molecule has 0 fully saturated rings. The molecule has 0 radical (unpaired) electrons. The van der Waals surface area contributed by atoms with Crippen LogP contribution in [0.25, 0.3) is 77.1 Å². The first-order valence-corrected chi connectivity index (χ1v) is 18.3. The molecular formula is C50H33N3O. The molecule has 0 spiro atoms. The third-order valence-corrected chi connectivity index (χ3v) is 10.7. The van der Waals surface area contributed by atoms with E-state index in [1.165, 1.54) is 32.7 Å². The number of anilines is 3. The number of hydrogen-bond acceptors (Lipinski definition) is 2. The molecule has 0 saturated heterocycles. The number of benzene rings is 8. The minimum atomic E-state index is 0.889. The lowest BCUT2D eigenvalue weighted by Crippen LogP contribution is -2.09. The maximum atomic E-state index is 6.17. The van der Waals surface area contributed by atoms with Crippen molar-refractivity contribution >= 4 is 71.7 Å². The predicted molar refractivity (Wildman–Crippen MR) is 225 cm³/mol. The Morgan fingerprint density at radius 2 is 1.11 bits per heavy atom. The molecule has 254 valence electrons. The summed E-state index contributed by atoms with van der Waals surface area (Å²) in [6.45, 7) is 0. The summed E-state index contributed by atoms with van der Waals surface area (Å²) in [5.74, 6) is 0. The van der Waals surface area contributed by atoms with E-state index in [9.17, 15) is 0 Å². The van der Waals surface area contributed by atoms with Gasteiger partial charge in [0, 0.05) is 61.6 Å². The molecule has 0 aliphatic carbocycles. The van der Waals surface area contributed by atoms with Gasteiger partial charge in [0.05, 0.1) is 16.6 Å². The largest absolute Gasteiger partial charge is 0.456 e. The highest BCUT2D eigenvalue weighted by Gasteiger charge is 2.19. The van der Waals surface area contributed by atoms with Crippen molar-refractivity contribution in [2.45, 2.75) is 0 Å². The average molecular weight is 692 g/mol. The molecule has 0 bridgehead atoms. The number of nitrogens with zero attached hydrogens (tertiary/aromatic N) is 3. The number of hydrogen-bond donors (Lipinski definition) is 0. The molecular weight excluding hydrogens is 659 g/mol. The van der Waals surface area contributed by atoms with E-state index < -0.39 is 0 Å². The highest BCUT2D eigenvalue weighted by molar-refractivity contribution is 6.20. The SMILES string of the molecule is c1ccc(N(c2cccc(-c3ccc(-n4ccc5ccc6c(c7ccccc7n6-c6ccccc6)c54)cc3)c2)c2ccc3oc4ccccc4c3c2)cc1. The average Bonchev–Trinajstić information content (AvgIpc) is 3.94. The van der Waals surface area contributed by atoms with Crippen LogP contribution in [0.2, 0.25) is 0 Å². The van der Waals surface area contributed by atoms with Gasteiger partial charge in [0.25, 0.3) is 0 Å². The van der Waals surface area contributed by atoms with Crippen molar-refractivity contribution in [1.29, 1.82) is 0 Å². The third-order valence-electron chi connectivity index (χ3n) is 10.7. The third kappa shape index (κ3) is 4.78. The van der Waals surface area contributed by atoms with E-state index in [4.69, 9.17) is 4.42 Å². The molecule has 4 heteroatoms. The van der Waals surface area contributed by atoms with Gasteiger partial charge in [-0.15, -0.1) is 0 Å². The van der Waals surface area contributed by atoms with Crippen molar-refractivity contribution in [2.75, 3.05) is 4.90 Å². The molecule has 0 atom stereocenters. The van der Waals surface area contributed by atoms with Crippen molar-refractivity contribution in [3.05, 3.63) is 200 Å². The van der Waals surface area contributed by atoms with Crippen LogP contribution in [0.1, 0.15) is 0 Å². The highest BCUT2D eigenvalue weighted by Crippen LogP contribution is 2.41. The fourth-order valence-corrected chi connectivity index (χ4v) is 8.27. The molecule has 0 amide bonds. The number of aromatic nitrogens is 2. The smallest absolute Gasteiger partial charge is 0.135 e. The standard InChI is InChI=1S/C50H33N3O/c1-3-13-38(14-4-1)52(41-27-29-48-44(33-41)42-18-8-10-21-47(42)54-48)40-17-11-12-36(32-40)34-22-25-37(26-23-34)51-31-30-35-24-28-46-49(50(35)51)43-19-7-9-20-45(43)53(46)39-15-5-2-6-16-39/h1-33H. The second-order valence-corrected chi connectivity index (χ2v) is 13.8. The van der Waals surface area contributed by atoms with Crippen LogP contribution in [0, 0.1) is 0 Å². The van der Waals surface area contributed by atoms with Crippen LogP contribution in [0.15, 0.2) is 205 Å². The molecule has 0 N–H and O–H groups in total. The van der Waals surface area contributed by atoms with E-state index in [0.717, 1.165) is 61.5 Å². The van der Waals surface area contributed by atoms with Crippen molar-refractivity contribution in [2.24, 2.45) is 0 Å². The van der Waals surface area contributed by atoms with E-state index in [1.807, 2.05) is 12.1 Å². The summed E-state index contributed by atoms with van der Waals surface area (Å²) in [7, 11) is 0. The Bertz CT molecular complexity index is 3150. The fourth-order valence-electron chi connectivity index (χ4n) is 8.27. The van der Waals surface area contributed by atoms with Crippen LogP contribution in [0.3, 0.4) is 0 Å². The summed E-state index contributed by atoms with van der Waals surface area (Å²) in [6, 6.07) is 69.2. The fraction of sp³-hybridized carbons (Fsp3) is 0. The maximum absolute atomic E-state index is 6.17. The van der Waals surface area contributed by atoms with Crippen LogP contribution in [0.5, 0.6) is 0 Å². The predicted octanol–water partition coefficient (Wildman–Crippen LogP) is 13.8. The van der Waals surface area contributed by atoms with Crippen molar-refractivity contribution in [3.63, 3.8) is 0 Å². The van der Waals surface area contributed by atoms with Gasteiger partial charge in [0.1, 0.15) is 11.2 Å². The Morgan fingerprint density at radius 1 is 0.407 bits per heavy atom. The summed E-state index contributed by atoms with van der Waals surface area (Å²) in [4.78, 5) is 2.32. The number of para-hydroxylation sites is 4. The molecule has 0 aliphatic heterocycles. The van der Waals surface area contributed by atoms with Gasteiger partial charge in [-0.05, 0) is 102 Å². The minimum absolute atomic E-state index is 0.889. The maximum Gasteiger partial charge on any atom is 0.135 e. The molecule has 4 nitrogen and oxygen atoms in total. The molecule has 11 aromatic rings. The van der Waals surface area contributed by atoms with Gasteiger partial charge < -0.3 is 18.5 Å². The van der Waals surface area contributed by atoms with Crippen LogP contribution >= 0.6 is 0 Å². The Labute approximate surface area is 312 Å². The first kappa shape index (κ1) is 30.3.